The minimum atomic E-state index is -1.10. The van der Waals surface area contributed by atoms with Crippen LogP contribution in [0.15, 0.2) is 12.1 Å². The molecule has 5 nitrogen and oxygen atoms in total. The number of carboxylic acids is 1. The average molecular weight is 191 g/mol. The lowest BCUT2D eigenvalue weighted by atomic mass is 10.3. The van der Waals surface area contributed by atoms with E-state index >= 15 is 0 Å². The molecule has 72 valence electrons. The van der Waals surface area contributed by atoms with Crippen molar-refractivity contribution >= 4 is 11.8 Å². The van der Waals surface area contributed by atoms with Crippen molar-refractivity contribution in [1.82, 2.24) is 10.2 Å². The highest BCUT2D eigenvalue weighted by atomic mass is 16.4. The van der Waals surface area contributed by atoms with Gasteiger partial charge in [0, 0.05) is 0 Å². The Kier molecular flexibility index (Phi) is 3.02. The molecule has 5 heteroatoms. The van der Waals surface area contributed by atoms with E-state index in [0.717, 1.165) is 0 Å². The van der Waals surface area contributed by atoms with E-state index in [1.165, 1.54) is 12.1 Å². The zero-order chi connectivity index (χ0) is 10.6. The van der Waals surface area contributed by atoms with E-state index in [4.69, 9.17) is 11.5 Å². The number of aromatic carboxylic acids is 1. The minimum Gasteiger partial charge on any atom is -0.476 e. The normalized spacial score (nSPS) is 11.4. The van der Waals surface area contributed by atoms with Crippen LogP contribution in [-0.2, 0) is 0 Å². The molecule has 0 spiro atoms. The molecular formula is C9H9N3O2. The Labute approximate surface area is 81.2 Å². The molecule has 0 radical (unpaired) electrons. The van der Waals surface area contributed by atoms with E-state index in [0.29, 0.717) is 5.82 Å². The lowest BCUT2D eigenvalue weighted by molar-refractivity contribution is 0.0689. The summed E-state index contributed by atoms with van der Waals surface area (Å²) in [5.41, 5.74) is -0.0936. The summed E-state index contributed by atoms with van der Waals surface area (Å²) in [6.45, 7) is 1.78. The van der Waals surface area contributed by atoms with Crippen LogP contribution >= 0.6 is 0 Å². The second kappa shape index (κ2) is 4.23. The highest BCUT2D eigenvalue weighted by Crippen LogP contribution is 2.03. The van der Waals surface area contributed by atoms with Crippen LogP contribution in [0.4, 0.5) is 5.82 Å². The van der Waals surface area contributed by atoms with E-state index in [1.54, 1.807) is 6.92 Å². The summed E-state index contributed by atoms with van der Waals surface area (Å²) in [6.07, 6.45) is 5.14. The van der Waals surface area contributed by atoms with Gasteiger partial charge < -0.3 is 10.4 Å². The molecule has 0 aromatic carbocycles. The van der Waals surface area contributed by atoms with E-state index in [-0.39, 0.29) is 11.7 Å². The Balaban J connectivity index is 2.75. The molecule has 14 heavy (non-hydrogen) atoms. The van der Waals surface area contributed by atoms with Gasteiger partial charge in [0.25, 0.3) is 0 Å². The molecule has 1 atom stereocenters. The monoisotopic (exact) mass is 191 g/mol. The van der Waals surface area contributed by atoms with Gasteiger partial charge in [-0.1, -0.05) is 5.92 Å². The summed E-state index contributed by atoms with van der Waals surface area (Å²) < 4.78 is 0. The Hall–Kier alpha value is -2.09. The number of carbonyl (C=O) groups is 1. The van der Waals surface area contributed by atoms with Gasteiger partial charge >= 0.3 is 5.97 Å². The standard InChI is InChI=1S/C9H9N3O2/c1-3-6(2)10-8-5-4-7(9(13)14)11-12-8/h1,4-6H,2H3,(H,10,12)(H,13,14). The van der Waals surface area contributed by atoms with Gasteiger partial charge in [0.05, 0.1) is 6.04 Å². The summed E-state index contributed by atoms with van der Waals surface area (Å²) in [4.78, 5) is 10.4. The number of rotatable bonds is 3. The number of hydrogen-bond donors (Lipinski definition) is 2. The van der Waals surface area contributed by atoms with Crippen molar-refractivity contribution in [1.29, 1.82) is 0 Å². The predicted molar refractivity (Wildman–Crippen MR) is 50.9 cm³/mol. The number of hydrogen-bond acceptors (Lipinski definition) is 4. The second-order valence-corrected chi connectivity index (χ2v) is 2.64. The van der Waals surface area contributed by atoms with E-state index in [9.17, 15) is 4.79 Å². The third kappa shape index (κ3) is 2.45. The van der Waals surface area contributed by atoms with Gasteiger partial charge in [-0.05, 0) is 19.1 Å². The summed E-state index contributed by atoms with van der Waals surface area (Å²) >= 11 is 0. The van der Waals surface area contributed by atoms with Gasteiger partial charge in [-0.25, -0.2) is 4.79 Å². The van der Waals surface area contributed by atoms with Crippen LogP contribution in [0.1, 0.15) is 17.4 Å². The zero-order valence-corrected chi connectivity index (χ0v) is 7.56. The first-order valence-corrected chi connectivity index (χ1v) is 3.93. The largest absolute Gasteiger partial charge is 0.476 e. The third-order valence-corrected chi connectivity index (χ3v) is 1.50. The van der Waals surface area contributed by atoms with Crippen molar-refractivity contribution in [3.05, 3.63) is 17.8 Å². The zero-order valence-electron chi connectivity index (χ0n) is 7.56. The first-order valence-electron chi connectivity index (χ1n) is 3.93. The maximum atomic E-state index is 10.4. The number of aromatic nitrogens is 2. The fourth-order valence-corrected chi connectivity index (χ4v) is 0.787. The first-order chi connectivity index (χ1) is 6.63. The first kappa shape index (κ1) is 9.99. The molecule has 0 aliphatic carbocycles. The molecule has 0 aliphatic rings. The highest BCUT2D eigenvalue weighted by molar-refractivity contribution is 5.85. The lowest BCUT2D eigenvalue weighted by Gasteiger charge is -2.06. The van der Waals surface area contributed by atoms with Crippen molar-refractivity contribution in [2.75, 3.05) is 5.32 Å². The molecule has 0 saturated carbocycles. The fraction of sp³-hybridized carbons (Fsp3) is 0.222. The number of terminal acetylenes is 1. The molecule has 1 rings (SSSR count). The molecule has 0 amide bonds. The Bertz CT molecular complexity index is 367. The molecule has 1 aromatic heterocycles. The van der Waals surface area contributed by atoms with Crippen molar-refractivity contribution in [2.24, 2.45) is 0 Å². The van der Waals surface area contributed by atoms with Crippen LogP contribution in [0.5, 0.6) is 0 Å². The molecule has 1 aromatic rings. The number of nitrogens with one attached hydrogen (secondary N) is 1. The van der Waals surface area contributed by atoms with Crippen LogP contribution in [0.2, 0.25) is 0 Å². The predicted octanol–water partition coefficient (Wildman–Crippen LogP) is 0.608. The lowest BCUT2D eigenvalue weighted by Crippen LogP contribution is -2.14. The molecule has 0 fully saturated rings. The summed E-state index contributed by atoms with van der Waals surface area (Å²) in [5.74, 6) is 1.81. The quantitative estimate of drug-likeness (QED) is 0.684. The maximum Gasteiger partial charge on any atom is 0.356 e. The SMILES string of the molecule is C#CC(C)Nc1ccc(C(=O)O)nn1. The molecule has 0 bridgehead atoms. The van der Waals surface area contributed by atoms with Crippen LogP contribution in [0, 0.1) is 12.3 Å². The number of nitrogens with zero attached hydrogens (tertiary/aromatic N) is 2. The van der Waals surface area contributed by atoms with E-state index < -0.39 is 5.97 Å². The molecule has 1 unspecified atom stereocenters. The minimum absolute atomic E-state index is 0.0936. The molecule has 2 N–H and O–H groups in total. The third-order valence-electron chi connectivity index (χ3n) is 1.50. The van der Waals surface area contributed by atoms with E-state index in [2.05, 4.69) is 21.4 Å². The van der Waals surface area contributed by atoms with Crippen molar-refractivity contribution in [3.8, 4) is 12.3 Å². The van der Waals surface area contributed by atoms with Gasteiger partial charge in [-0.15, -0.1) is 16.6 Å². The average Bonchev–Trinajstić information content (AvgIpc) is 2.18. The van der Waals surface area contributed by atoms with Crippen molar-refractivity contribution in [2.45, 2.75) is 13.0 Å². The highest BCUT2D eigenvalue weighted by Gasteiger charge is 2.05. The van der Waals surface area contributed by atoms with Gasteiger partial charge in [-0.2, -0.15) is 0 Å². The van der Waals surface area contributed by atoms with Gasteiger partial charge in [0.1, 0.15) is 5.82 Å². The second-order valence-electron chi connectivity index (χ2n) is 2.64. The molecular weight excluding hydrogens is 182 g/mol. The Morgan fingerprint density at radius 3 is 2.79 bits per heavy atom. The summed E-state index contributed by atoms with van der Waals surface area (Å²) in [5, 5.41) is 18.5. The fourth-order valence-electron chi connectivity index (χ4n) is 0.787. The van der Waals surface area contributed by atoms with Crippen molar-refractivity contribution in [3.63, 3.8) is 0 Å². The van der Waals surface area contributed by atoms with Gasteiger partial charge in [0.15, 0.2) is 5.69 Å². The van der Waals surface area contributed by atoms with Crippen LogP contribution < -0.4 is 5.32 Å². The van der Waals surface area contributed by atoms with Crippen LogP contribution in [0.3, 0.4) is 0 Å². The maximum absolute atomic E-state index is 10.4. The number of anilines is 1. The van der Waals surface area contributed by atoms with Gasteiger partial charge in [-0.3, -0.25) is 0 Å². The van der Waals surface area contributed by atoms with E-state index in [1.807, 2.05) is 0 Å². The number of carboxylic acid groups (broad SMARTS) is 1. The van der Waals surface area contributed by atoms with Crippen LogP contribution in [0.25, 0.3) is 0 Å². The Morgan fingerprint density at radius 2 is 2.36 bits per heavy atom. The smallest absolute Gasteiger partial charge is 0.356 e. The van der Waals surface area contributed by atoms with Crippen molar-refractivity contribution < 1.29 is 9.90 Å². The summed E-state index contributed by atoms with van der Waals surface area (Å²) in [6, 6.07) is 2.71. The van der Waals surface area contributed by atoms with Crippen LogP contribution in [-0.4, -0.2) is 27.3 Å². The molecule has 0 saturated heterocycles. The summed E-state index contributed by atoms with van der Waals surface area (Å²) in [7, 11) is 0. The topological polar surface area (TPSA) is 75.1 Å². The molecule has 1 heterocycles. The van der Waals surface area contributed by atoms with Gasteiger partial charge in [0.2, 0.25) is 0 Å². The molecule has 0 aliphatic heterocycles. The Morgan fingerprint density at radius 1 is 1.64 bits per heavy atom.